The van der Waals surface area contributed by atoms with Gasteiger partial charge < -0.3 is 4.42 Å². The first-order valence-corrected chi connectivity index (χ1v) is 7.70. The number of amidine groups is 1. The molecule has 1 aromatic carbocycles. The number of aryl methyl sites for hydroxylation is 1. The van der Waals surface area contributed by atoms with E-state index in [1.54, 1.807) is 31.3 Å². The van der Waals surface area contributed by atoms with Crippen molar-refractivity contribution < 1.29 is 12.8 Å². The fourth-order valence-electron chi connectivity index (χ4n) is 2.04. The summed E-state index contributed by atoms with van der Waals surface area (Å²) in [6, 6.07) is 10.3. The number of nitrogens with zero attached hydrogens (tertiary/aromatic N) is 3. The van der Waals surface area contributed by atoms with E-state index in [4.69, 9.17) is 4.42 Å². The Morgan fingerprint density at radius 2 is 2.00 bits per heavy atom. The van der Waals surface area contributed by atoms with Gasteiger partial charge in [-0.15, -0.1) is 4.40 Å². The van der Waals surface area contributed by atoms with Crippen molar-refractivity contribution in [1.29, 1.82) is 0 Å². The lowest BCUT2D eigenvalue weighted by atomic mass is 10.2. The average molecular weight is 303 g/mol. The SMILES string of the molecule is Cc1ccc(/C=N\N(C)C2=NS(=O)(=O)c3ccccc32)o1. The summed E-state index contributed by atoms with van der Waals surface area (Å²) in [5.74, 6) is 1.67. The number of hydrogen-bond donors (Lipinski definition) is 0. The summed E-state index contributed by atoms with van der Waals surface area (Å²) in [5.41, 5.74) is 0.549. The van der Waals surface area contributed by atoms with Gasteiger partial charge in [0.15, 0.2) is 5.84 Å². The highest BCUT2D eigenvalue weighted by molar-refractivity contribution is 7.90. The summed E-state index contributed by atoms with van der Waals surface area (Å²) in [6.45, 7) is 1.84. The zero-order valence-electron chi connectivity index (χ0n) is 11.5. The van der Waals surface area contributed by atoms with Crippen LogP contribution in [0.4, 0.5) is 0 Å². The van der Waals surface area contributed by atoms with Crippen molar-refractivity contribution in [3.63, 3.8) is 0 Å². The number of furan rings is 1. The largest absolute Gasteiger partial charge is 0.460 e. The first-order chi connectivity index (χ1) is 9.97. The monoisotopic (exact) mass is 303 g/mol. The fraction of sp³-hybridized carbons (Fsp3) is 0.143. The van der Waals surface area contributed by atoms with Crippen molar-refractivity contribution in [2.75, 3.05) is 7.05 Å². The first-order valence-electron chi connectivity index (χ1n) is 6.26. The number of benzene rings is 1. The van der Waals surface area contributed by atoms with Crippen LogP contribution in [0.2, 0.25) is 0 Å². The standard InChI is InChI=1S/C14H13N3O3S/c1-10-7-8-11(20-10)9-15-17(2)14-12-5-3-4-6-13(12)21(18,19)16-14/h3-9H,1-2H3/b15-9-. The molecule has 1 aromatic heterocycles. The van der Waals surface area contributed by atoms with Crippen LogP contribution in [0.3, 0.4) is 0 Å². The Morgan fingerprint density at radius 3 is 2.71 bits per heavy atom. The number of fused-ring (bicyclic) bond motifs is 1. The van der Waals surface area contributed by atoms with E-state index < -0.39 is 10.0 Å². The summed E-state index contributed by atoms with van der Waals surface area (Å²) in [6.07, 6.45) is 1.52. The van der Waals surface area contributed by atoms with Gasteiger partial charge in [-0.05, 0) is 31.2 Å². The molecule has 7 heteroatoms. The Hall–Kier alpha value is -2.41. The second-order valence-corrected chi connectivity index (χ2v) is 6.18. The molecule has 0 saturated carbocycles. The smallest absolute Gasteiger partial charge is 0.285 e. The van der Waals surface area contributed by atoms with Crippen molar-refractivity contribution in [3.8, 4) is 0 Å². The number of sulfonamides is 1. The van der Waals surface area contributed by atoms with Crippen LogP contribution in [0, 0.1) is 6.92 Å². The van der Waals surface area contributed by atoms with E-state index >= 15 is 0 Å². The third-order valence-electron chi connectivity index (χ3n) is 3.04. The molecule has 6 nitrogen and oxygen atoms in total. The highest BCUT2D eigenvalue weighted by atomic mass is 32.2. The lowest BCUT2D eigenvalue weighted by Crippen LogP contribution is -2.21. The molecule has 0 aliphatic carbocycles. The third kappa shape index (κ3) is 2.47. The summed E-state index contributed by atoms with van der Waals surface area (Å²) in [5, 5.41) is 5.59. The van der Waals surface area contributed by atoms with E-state index in [0.717, 1.165) is 5.76 Å². The number of rotatable bonds is 2. The number of hydrogen-bond acceptors (Lipinski definition) is 5. The molecule has 0 N–H and O–H groups in total. The second kappa shape index (κ2) is 4.85. The van der Waals surface area contributed by atoms with Crippen LogP contribution in [0.25, 0.3) is 0 Å². The van der Waals surface area contributed by atoms with Crippen molar-refractivity contribution in [3.05, 3.63) is 53.5 Å². The van der Waals surface area contributed by atoms with Crippen LogP contribution in [0.1, 0.15) is 17.1 Å². The predicted molar refractivity (Wildman–Crippen MR) is 79.0 cm³/mol. The topological polar surface area (TPSA) is 75.2 Å². The van der Waals surface area contributed by atoms with Gasteiger partial charge in [0, 0.05) is 12.6 Å². The van der Waals surface area contributed by atoms with E-state index in [1.807, 2.05) is 13.0 Å². The Labute approximate surface area is 122 Å². The lowest BCUT2D eigenvalue weighted by Gasteiger charge is -2.11. The molecule has 1 aliphatic heterocycles. The van der Waals surface area contributed by atoms with E-state index in [9.17, 15) is 8.42 Å². The molecule has 0 fully saturated rings. The van der Waals surface area contributed by atoms with Crippen LogP contribution in [0.15, 0.2) is 55.2 Å². The maximum atomic E-state index is 12.0. The van der Waals surface area contributed by atoms with Crippen LogP contribution in [-0.2, 0) is 10.0 Å². The van der Waals surface area contributed by atoms with Gasteiger partial charge in [-0.3, -0.25) is 0 Å². The highest BCUT2D eigenvalue weighted by Crippen LogP contribution is 2.26. The summed E-state index contributed by atoms with van der Waals surface area (Å²) in [4.78, 5) is 0.205. The minimum atomic E-state index is -3.63. The van der Waals surface area contributed by atoms with Gasteiger partial charge in [0.1, 0.15) is 16.4 Å². The van der Waals surface area contributed by atoms with E-state index in [-0.39, 0.29) is 4.90 Å². The Morgan fingerprint density at radius 1 is 1.24 bits per heavy atom. The van der Waals surface area contributed by atoms with Crippen LogP contribution >= 0.6 is 0 Å². The molecule has 0 spiro atoms. The average Bonchev–Trinajstić information content (AvgIpc) is 2.99. The van der Waals surface area contributed by atoms with Crippen molar-refractivity contribution in [2.45, 2.75) is 11.8 Å². The van der Waals surface area contributed by atoms with Gasteiger partial charge in [-0.25, -0.2) is 5.01 Å². The Bertz CT molecular complexity index is 850. The molecule has 0 bridgehead atoms. The second-order valence-electron chi connectivity index (χ2n) is 4.60. The molecule has 0 radical (unpaired) electrons. The quantitative estimate of drug-likeness (QED) is 0.628. The molecule has 2 aromatic rings. The van der Waals surface area contributed by atoms with Crippen molar-refractivity contribution in [1.82, 2.24) is 5.01 Å². The van der Waals surface area contributed by atoms with Crippen LogP contribution in [-0.4, -0.2) is 32.5 Å². The molecule has 0 amide bonds. The van der Waals surface area contributed by atoms with Gasteiger partial charge in [0.2, 0.25) is 0 Å². The zero-order chi connectivity index (χ0) is 15.0. The molecule has 0 saturated heterocycles. The zero-order valence-corrected chi connectivity index (χ0v) is 12.3. The van der Waals surface area contributed by atoms with Crippen molar-refractivity contribution >= 4 is 22.1 Å². The third-order valence-corrected chi connectivity index (χ3v) is 4.36. The van der Waals surface area contributed by atoms with Gasteiger partial charge in [0.25, 0.3) is 10.0 Å². The summed E-state index contributed by atoms with van der Waals surface area (Å²) < 4.78 is 33.1. The predicted octanol–water partition coefficient (Wildman–Crippen LogP) is 2.00. The fourth-order valence-corrected chi connectivity index (χ4v) is 3.27. The molecule has 3 rings (SSSR count). The molecular weight excluding hydrogens is 290 g/mol. The Balaban J connectivity index is 1.93. The molecule has 0 unspecified atom stereocenters. The molecule has 108 valence electrons. The highest BCUT2D eigenvalue weighted by Gasteiger charge is 2.30. The van der Waals surface area contributed by atoms with Gasteiger partial charge in [-0.1, -0.05) is 12.1 Å². The van der Waals surface area contributed by atoms with Gasteiger partial charge in [0.05, 0.1) is 6.21 Å². The van der Waals surface area contributed by atoms with E-state index in [1.165, 1.54) is 17.3 Å². The molecule has 2 heterocycles. The number of hydrazone groups is 1. The molecule has 0 atom stereocenters. The van der Waals surface area contributed by atoms with E-state index in [0.29, 0.717) is 17.2 Å². The van der Waals surface area contributed by atoms with Crippen molar-refractivity contribution in [2.24, 2.45) is 9.50 Å². The minimum absolute atomic E-state index is 0.205. The Kier molecular flexibility index (Phi) is 3.13. The van der Waals surface area contributed by atoms with Crippen LogP contribution in [0.5, 0.6) is 0 Å². The lowest BCUT2D eigenvalue weighted by molar-refractivity contribution is 0.517. The van der Waals surface area contributed by atoms with Gasteiger partial charge >= 0.3 is 0 Å². The maximum absolute atomic E-state index is 12.0. The summed E-state index contributed by atoms with van der Waals surface area (Å²) in [7, 11) is -1.99. The molecule has 21 heavy (non-hydrogen) atoms. The maximum Gasteiger partial charge on any atom is 0.285 e. The van der Waals surface area contributed by atoms with Gasteiger partial charge in [-0.2, -0.15) is 13.5 Å². The minimum Gasteiger partial charge on any atom is -0.460 e. The molecule has 1 aliphatic rings. The van der Waals surface area contributed by atoms with Crippen LogP contribution < -0.4 is 0 Å². The summed E-state index contributed by atoms with van der Waals surface area (Å²) >= 11 is 0. The molecular formula is C14H13N3O3S. The first kappa shape index (κ1) is 13.6. The van der Waals surface area contributed by atoms with E-state index in [2.05, 4.69) is 9.50 Å². The normalized spacial score (nSPS) is 16.0.